The number of sulfone groups is 1. The van der Waals surface area contributed by atoms with Gasteiger partial charge in [0.1, 0.15) is 11.3 Å². The summed E-state index contributed by atoms with van der Waals surface area (Å²) in [5.41, 5.74) is 9.89. The molecule has 7 heteroatoms. The molecule has 21 heavy (non-hydrogen) atoms. The number of hydrogen-bond donors (Lipinski definition) is 4. The van der Waals surface area contributed by atoms with E-state index in [1.54, 1.807) is 38.4 Å². The van der Waals surface area contributed by atoms with Crippen molar-refractivity contribution in [3.05, 3.63) is 53.5 Å². The lowest BCUT2D eigenvalue weighted by Gasteiger charge is -2.44. The summed E-state index contributed by atoms with van der Waals surface area (Å²) in [6.07, 6.45) is 4.50. The van der Waals surface area contributed by atoms with Crippen LogP contribution in [-0.2, 0) is 9.84 Å². The first-order valence-electron chi connectivity index (χ1n) is 6.47. The van der Waals surface area contributed by atoms with E-state index < -0.39 is 21.2 Å². The van der Waals surface area contributed by atoms with Crippen molar-refractivity contribution >= 4 is 9.84 Å². The summed E-state index contributed by atoms with van der Waals surface area (Å²) in [5.74, 6) is 0. The van der Waals surface area contributed by atoms with E-state index >= 15 is 0 Å². The molecule has 1 aliphatic rings. The molecule has 0 saturated heterocycles. The highest BCUT2D eigenvalue weighted by Gasteiger charge is 2.44. The lowest BCUT2D eigenvalue weighted by atomic mass is 9.89. The van der Waals surface area contributed by atoms with Gasteiger partial charge < -0.3 is 11.5 Å². The molecule has 0 aromatic heterocycles. The van der Waals surface area contributed by atoms with Gasteiger partial charge in [0.2, 0.25) is 9.84 Å². The maximum absolute atomic E-state index is 12.6. The summed E-state index contributed by atoms with van der Waals surface area (Å²) >= 11 is 0. The van der Waals surface area contributed by atoms with Gasteiger partial charge in [-0.3, -0.25) is 10.6 Å². The summed E-state index contributed by atoms with van der Waals surface area (Å²) in [5, 5.41) is 5.96. The fourth-order valence-corrected chi connectivity index (χ4v) is 3.76. The van der Waals surface area contributed by atoms with Crippen molar-refractivity contribution in [3.63, 3.8) is 0 Å². The Morgan fingerprint density at radius 1 is 1.05 bits per heavy atom. The number of allylic oxidation sites excluding steroid dienone is 1. The van der Waals surface area contributed by atoms with Crippen molar-refractivity contribution in [2.24, 2.45) is 11.5 Å². The highest BCUT2D eigenvalue weighted by Crippen LogP contribution is 2.29. The maximum Gasteiger partial charge on any atom is 0.206 e. The number of benzene rings is 1. The standard InChI is InChI=1S/C14H20N4O2S/c1-17-14(18-2)9-8-12(10-13(14,15)16)21(19,20)11-6-4-3-5-7-11/h3-10,17-18H,15-16H2,1-2H3. The van der Waals surface area contributed by atoms with E-state index in [9.17, 15) is 8.42 Å². The Morgan fingerprint density at radius 2 is 1.62 bits per heavy atom. The highest BCUT2D eigenvalue weighted by molar-refractivity contribution is 7.95. The van der Waals surface area contributed by atoms with Gasteiger partial charge in [-0.05, 0) is 44.5 Å². The third-order valence-corrected chi connectivity index (χ3v) is 5.48. The molecule has 2 rings (SSSR count). The molecule has 1 aromatic rings. The Bertz CT molecular complexity index is 674. The summed E-state index contributed by atoms with van der Waals surface area (Å²) in [7, 11) is -0.252. The first-order chi connectivity index (χ1) is 9.79. The molecule has 0 bridgehead atoms. The molecule has 0 amide bonds. The van der Waals surface area contributed by atoms with E-state index in [4.69, 9.17) is 11.5 Å². The van der Waals surface area contributed by atoms with Crippen LogP contribution in [0.4, 0.5) is 0 Å². The molecule has 0 spiro atoms. The van der Waals surface area contributed by atoms with E-state index in [0.717, 1.165) is 0 Å². The molecule has 0 radical (unpaired) electrons. The van der Waals surface area contributed by atoms with Crippen LogP contribution < -0.4 is 22.1 Å². The van der Waals surface area contributed by atoms with Crippen LogP contribution >= 0.6 is 0 Å². The third-order valence-electron chi connectivity index (χ3n) is 3.71. The molecule has 1 aliphatic carbocycles. The number of likely N-dealkylation sites (N-methyl/N-ethyl adjacent to an activating group) is 2. The van der Waals surface area contributed by atoms with Crippen molar-refractivity contribution < 1.29 is 8.42 Å². The molecular formula is C14H20N4O2S. The Morgan fingerprint density at radius 3 is 2.10 bits per heavy atom. The third kappa shape index (κ3) is 2.54. The van der Waals surface area contributed by atoms with Gasteiger partial charge in [0.15, 0.2) is 0 Å². The molecule has 114 valence electrons. The minimum absolute atomic E-state index is 0.0832. The molecule has 6 N–H and O–H groups in total. The fourth-order valence-electron chi connectivity index (χ4n) is 2.38. The topological polar surface area (TPSA) is 110 Å². The van der Waals surface area contributed by atoms with Crippen molar-refractivity contribution in [2.45, 2.75) is 16.2 Å². The van der Waals surface area contributed by atoms with Gasteiger partial charge >= 0.3 is 0 Å². The zero-order valence-corrected chi connectivity index (χ0v) is 12.8. The van der Waals surface area contributed by atoms with Gasteiger partial charge in [-0.1, -0.05) is 18.2 Å². The first kappa shape index (κ1) is 15.9. The van der Waals surface area contributed by atoms with Crippen LogP contribution in [0.1, 0.15) is 0 Å². The van der Waals surface area contributed by atoms with Crippen LogP contribution in [0, 0.1) is 0 Å². The zero-order valence-electron chi connectivity index (χ0n) is 12.0. The van der Waals surface area contributed by atoms with Crippen molar-refractivity contribution in [1.82, 2.24) is 10.6 Å². The monoisotopic (exact) mass is 308 g/mol. The fraction of sp³-hybridized carbons (Fsp3) is 0.286. The number of hydrogen-bond acceptors (Lipinski definition) is 6. The Hall–Kier alpha value is -1.51. The second-order valence-corrected chi connectivity index (χ2v) is 6.89. The minimum atomic E-state index is -3.64. The number of nitrogens with one attached hydrogen (secondary N) is 2. The quantitative estimate of drug-likeness (QED) is 0.567. The van der Waals surface area contributed by atoms with E-state index in [1.807, 2.05) is 0 Å². The SMILES string of the molecule is CNC1(NC)C=CC(S(=O)(=O)c2ccccc2)=CC1(N)N. The van der Waals surface area contributed by atoms with E-state index in [2.05, 4.69) is 10.6 Å². The normalized spacial score (nSPS) is 20.1. The van der Waals surface area contributed by atoms with Gasteiger partial charge in [0.05, 0.1) is 9.80 Å². The maximum atomic E-state index is 12.6. The summed E-state index contributed by atoms with van der Waals surface area (Å²) in [6, 6.07) is 8.17. The van der Waals surface area contributed by atoms with Gasteiger partial charge in [-0.15, -0.1) is 0 Å². The predicted molar refractivity (Wildman–Crippen MR) is 82.8 cm³/mol. The summed E-state index contributed by atoms with van der Waals surface area (Å²) in [4.78, 5) is 0.290. The molecule has 1 aromatic carbocycles. The van der Waals surface area contributed by atoms with Gasteiger partial charge in [0.25, 0.3) is 0 Å². The van der Waals surface area contributed by atoms with E-state index in [-0.39, 0.29) is 9.80 Å². The zero-order chi connectivity index (χ0) is 15.7. The van der Waals surface area contributed by atoms with Crippen molar-refractivity contribution in [1.29, 1.82) is 0 Å². The van der Waals surface area contributed by atoms with Crippen LogP contribution in [0.2, 0.25) is 0 Å². The molecule has 6 nitrogen and oxygen atoms in total. The molecule has 0 heterocycles. The largest absolute Gasteiger partial charge is 0.307 e. The lowest BCUT2D eigenvalue weighted by molar-refractivity contribution is 0.244. The minimum Gasteiger partial charge on any atom is -0.307 e. The van der Waals surface area contributed by atoms with E-state index in [1.165, 1.54) is 24.3 Å². The predicted octanol–water partition coefficient (Wildman–Crippen LogP) is -0.337. The average molecular weight is 308 g/mol. The van der Waals surface area contributed by atoms with Gasteiger partial charge in [0, 0.05) is 0 Å². The van der Waals surface area contributed by atoms with Crippen LogP contribution in [0.15, 0.2) is 58.4 Å². The molecule has 0 aliphatic heterocycles. The Labute approximate surface area is 124 Å². The number of rotatable bonds is 4. The number of nitrogens with two attached hydrogens (primary N) is 2. The van der Waals surface area contributed by atoms with E-state index in [0.29, 0.717) is 0 Å². The van der Waals surface area contributed by atoms with Crippen LogP contribution in [-0.4, -0.2) is 33.8 Å². The molecule has 0 atom stereocenters. The second-order valence-electron chi connectivity index (χ2n) is 4.94. The summed E-state index contributed by atoms with van der Waals surface area (Å²) in [6.45, 7) is 0. The van der Waals surface area contributed by atoms with Crippen molar-refractivity contribution in [2.75, 3.05) is 14.1 Å². The van der Waals surface area contributed by atoms with Crippen LogP contribution in [0.25, 0.3) is 0 Å². The second kappa shape index (κ2) is 5.36. The first-order valence-corrected chi connectivity index (χ1v) is 7.95. The van der Waals surface area contributed by atoms with Gasteiger partial charge in [-0.25, -0.2) is 8.42 Å². The van der Waals surface area contributed by atoms with Gasteiger partial charge in [-0.2, -0.15) is 0 Å². The van der Waals surface area contributed by atoms with Crippen LogP contribution in [0.3, 0.4) is 0 Å². The van der Waals surface area contributed by atoms with Crippen LogP contribution in [0.5, 0.6) is 0 Å². The van der Waals surface area contributed by atoms with Crippen molar-refractivity contribution in [3.8, 4) is 0 Å². The summed E-state index contributed by atoms with van der Waals surface area (Å²) < 4.78 is 25.2. The molecular weight excluding hydrogens is 288 g/mol. The molecule has 0 saturated carbocycles. The smallest absolute Gasteiger partial charge is 0.206 e. The molecule has 0 unspecified atom stereocenters. The lowest BCUT2D eigenvalue weighted by Crippen LogP contribution is -2.76. The Balaban J connectivity index is 2.50. The highest BCUT2D eigenvalue weighted by atomic mass is 32.2. The molecule has 0 fully saturated rings. The average Bonchev–Trinajstić information content (AvgIpc) is 2.47. The Kier molecular flexibility index (Phi) is 4.05.